The molecule has 4 rings (SSSR count). The third-order valence-electron chi connectivity index (χ3n) is 5.85. The molecule has 2 aromatic rings. The van der Waals surface area contributed by atoms with E-state index >= 15 is 0 Å². The molecule has 0 aromatic heterocycles. The maximum atomic E-state index is 12.9. The summed E-state index contributed by atoms with van der Waals surface area (Å²) in [7, 11) is 0. The van der Waals surface area contributed by atoms with Crippen molar-refractivity contribution in [3.63, 3.8) is 0 Å². The summed E-state index contributed by atoms with van der Waals surface area (Å²) in [6.45, 7) is 2.73. The second-order valence-electron chi connectivity index (χ2n) is 8.15. The first-order valence-corrected chi connectivity index (χ1v) is 11.1. The van der Waals surface area contributed by atoms with E-state index in [4.69, 9.17) is 0 Å². The van der Waals surface area contributed by atoms with Gasteiger partial charge in [-0.2, -0.15) is 10.2 Å². The maximum absolute atomic E-state index is 12.9. The van der Waals surface area contributed by atoms with E-state index in [2.05, 4.69) is 15.5 Å². The highest BCUT2D eigenvalue weighted by Gasteiger charge is 2.33. The minimum atomic E-state index is -0.168. The van der Waals surface area contributed by atoms with E-state index < -0.39 is 0 Å². The Morgan fingerprint density at radius 3 is 2.19 bits per heavy atom. The van der Waals surface area contributed by atoms with E-state index in [-0.39, 0.29) is 24.4 Å². The molecule has 31 heavy (non-hydrogen) atoms. The number of hydrogen-bond donors (Lipinski definition) is 1. The highest BCUT2D eigenvalue weighted by molar-refractivity contribution is 5.93. The van der Waals surface area contributed by atoms with E-state index in [9.17, 15) is 9.59 Å². The van der Waals surface area contributed by atoms with Crippen LogP contribution in [0.15, 0.2) is 64.8 Å². The fraction of sp³-hybridized carbons (Fsp3) is 0.417. The summed E-state index contributed by atoms with van der Waals surface area (Å²) in [5, 5.41) is 11.4. The lowest BCUT2D eigenvalue weighted by Crippen LogP contribution is -2.52. The molecule has 7 nitrogen and oxygen atoms in total. The zero-order valence-electron chi connectivity index (χ0n) is 17.7. The van der Waals surface area contributed by atoms with Gasteiger partial charge in [-0.3, -0.25) is 14.5 Å². The minimum Gasteiger partial charge on any atom is -0.341 e. The van der Waals surface area contributed by atoms with Crippen LogP contribution in [-0.4, -0.2) is 53.8 Å². The van der Waals surface area contributed by atoms with Crippen LogP contribution in [0.4, 0.5) is 17.1 Å². The van der Waals surface area contributed by atoms with Crippen molar-refractivity contribution in [1.82, 2.24) is 9.80 Å². The van der Waals surface area contributed by atoms with E-state index in [0.29, 0.717) is 11.4 Å². The lowest BCUT2D eigenvalue weighted by Gasteiger charge is -2.36. The second kappa shape index (κ2) is 10.3. The Labute approximate surface area is 183 Å². The van der Waals surface area contributed by atoms with Crippen LogP contribution in [0.1, 0.15) is 32.1 Å². The van der Waals surface area contributed by atoms with Crippen LogP contribution in [0.25, 0.3) is 0 Å². The van der Waals surface area contributed by atoms with Gasteiger partial charge in [0, 0.05) is 18.8 Å². The maximum Gasteiger partial charge on any atom is 0.239 e. The van der Waals surface area contributed by atoms with Gasteiger partial charge in [0.25, 0.3) is 0 Å². The summed E-state index contributed by atoms with van der Waals surface area (Å²) in [6, 6.07) is 16.7. The summed E-state index contributed by atoms with van der Waals surface area (Å²) in [5.74, 6) is 0.0953. The molecule has 0 radical (unpaired) electrons. The quantitative estimate of drug-likeness (QED) is 0.700. The number of azo groups is 1. The average Bonchev–Trinajstić information content (AvgIpc) is 3.34. The summed E-state index contributed by atoms with van der Waals surface area (Å²) in [5.41, 5.74) is 2.22. The number of likely N-dealkylation sites (tertiary alicyclic amines) is 2. The Morgan fingerprint density at radius 1 is 0.839 bits per heavy atom. The third-order valence-corrected chi connectivity index (χ3v) is 5.85. The first kappa shape index (κ1) is 21.2. The van der Waals surface area contributed by atoms with E-state index in [0.717, 1.165) is 57.4 Å². The van der Waals surface area contributed by atoms with Crippen LogP contribution >= 0.6 is 0 Å². The lowest BCUT2D eigenvalue weighted by molar-refractivity contribution is -0.137. The first-order valence-electron chi connectivity index (χ1n) is 11.1. The predicted octanol–water partition coefficient (Wildman–Crippen LogP) is 4.52. The SMILES string of the molecule is O=C(CN1CCCCC1C(=O)N1CCCC1)Nc1ccc(N=Nc2ccccc2)cc1. The molecule has 1 N–H and O–H groups in total. The molecule has 7 heteroatoms. The zero-order chi connectivity index (χ0) is 21.5. The molecule has 0 spiro atoms. The highest BCUT2D eigenvalue weighted by Crippen LogP contribution is 2.22. The summed E-state index contributed by atoms with van der Waals surface area (Å²) in [4.78, 5) is 29.5. The Balaban J connectivity index is 1.32. The molecule has 1 unspecified atom stereocenters. The number of hydrogen-bond acceptors (Lipinski definition) is 5. The van der Waals surface area contributed by atoms with Gasteiger partial charge in [0.1, 0.15) is 0 Å². The Kier molecular flexibility index (Phi) is 7.04. The molecule has 2 amide bonds. The second-order valence-corrected chi connectivity index (χ2v) is 8.15. The number of amides is 2. The molecule has 0 aliphatic carbocycles. The van der Waals surface area contributed by atoms with E-state index in [1.807, 2.05) is 64.4 Å². The van der Waals surface area contributed by atoms with E-state index in [1.165, 1.54) is 0 Å². The normalized spacial score (nSPS) is 19.6. The fourth-order valence-corrected chi connectivity index (χ4v) is 4.21. The number of carbonyl (C=O) groups is 2. The minimum absolute atomic E-state index is 0.0974. The standard InChI is InChI=1S/C24H29N5O2/c30-23(18-29-17-5-4-10-22(29)24(31)28-15-6-7-16-28)25-19-11-13-21(14-12-19)27-26-20-8-2-1-3-9-20/h1-3,8-9,11-14,22H,4-7,10,15-18H2,(H,25,30). The van der Waals surface area contributed by atoms with Crippen LogP contribution in [0.3, 0.4) is 0 Å². The fourth-order valence-electron chi connectivity index (χ4n) is 4.21. The van der Waals surface area contributed by atoms with Crippen molar-refractivity contribution >= 4 is 28.9 Å². The predicted molar refractivity (Wildman–Crippen MR) is 121 cm³/mol. The first-order chi connectivity index (χ1) is 15.2. The molecule has 2 fully saturated rings. The van der Waals surface area contributed by atoms with Crippen LogP contribution < -0.4 is 5.32 Å². The molecular weight excluding hydrogens is 390 g/mol. The number of carbonyl (C=O) groups excluding carboxylic acids is 2. The average molecular weight is 420 g/mol. The molecule has 2 heterocycles. The number of benzene rings is 2. The number of rotatable bonds is 6. The van der Waals surface area contributed by atoms with E-state index in [1.54, 1.807) is 0 Å². The van der Waals surface area contributed by atoms with Crippen molar-refractivity contribution in [3.05, 3.63) is 54.6 Å². The molecule has 2 aliphatic rings. The highest BCUT2D eigenvalue weighted by atomic mass is 16.2. The topological polar surface area (TPSA) is 77.4 Å². The van der Waals surface area contributed by atoms with Gasteiger partial charge in [-0.1, -0.05) is 24.6 Å². The van der Waals surface area contributed by atoms with Crippen molar-refractivity contribution in [2.75, 3.05) is 31.5 Å². The van der Waals surface area contributed by atoms with Gasteiger partial charge in [-0.15, -0.1) is 0 Å². The van der Waals surface area contributed by atoms with Gasteiger partial charge in [0.2, 0.25) is 11.8 Å². The molecule has 0 saturated carbocycles. The summed E-state index contributed by atoms with van der Waals surface area (Å²) in [6.07, 6.45) is 5.07. The summed E-state index contributed by atoms with van der Waals surface area (Å²) >= 11 is 0. The van der Waals surface area contributed by atoms with Gasteiger partial charge in [-0.05, 0) is 68.6 Å². The molecule has 2 saturated heterocycles. The largest absolute Gasteiger partial charge is 0.341 e. The van der Waals surface area contributed by atoms with Gasteiger partial charge in [0.15, 0.2) is 0 Å². The van der Waals surface area contributed by atoms with Crippen molar-refractivity contribution in [1.29, 1.82) is 0 Å². The van der Waals surface area contributed by atoms with Gasteiger partial charge >= 0.3 is 0 Å². The van der Waals surface area contributed by atoms with Gasteiger partial charge in [-0.25, -0.2) is 0 Å². The number of anilines is 1. The van der Waals surface area contributed by atoms with Crippen molar-refractivity contribution < 1.29 is 9.59 Å². The zero-order valence-corrected chi connectivity index (χ0v) is 17.7. The molecule has 162 valence electrons. The third kappa shape index (κ3) is 5.76. The smallest absolute Gasteiger partial charge is 0.239 e. The van der Waals surface area contributed by atoms with Crippen LogP contribution in [0, 0.1) is 0 Å². The Hall–Kier alpha value is -3.06. The lowest BCUT2D eigenvalue weighted by atomic mass is 10.0. The molecular formula is C24H29N5O2. The number of nitrogens with zero attached hydrogens (tertiary/aromatic N) is 4. The van der Waals surface area contributed by atoms with Crippen molar-refractivity contribution in [2.24, 2.45) is 10.2 Å². The number of piperidine rings is 1. The molecule has 2 aromatic carbocycles. The number of nitrogens with one attached hydrogen (secondary N) is 1. The van der Waals surface area contributed by atoms with Crippen LogP contribution in [0.2, 0.25) is 0 Å². The molecule has 1 atom stereocenters. The van der Waals surface area contributed by atoms with Crippen molar-refractivity contribution in [2.45, 2.75) is 38.1 Å². The van der Waals surface area contributed by atoms with Gasteiger partial charge in [0.05, 0.1) is 24.0 Å². The molecule has 0 bridgehead atoms. The Bertz CT molecular complexity index is 907. The molecule has 2 aliphatic heterocycles. The monoisotopic (exact) mass is 419 g/mol. The summed E-state index contributed by atoms with van der Waals surface area (Å²) < 4.78 is 0. The Morgan fingerprint density at radius 2 is 1.48 bits per heavy atom. The van der Waals surface area contributed by atoms with Crippen molar-refractivity contribution in [3.8, 4) is 0 Å². The van der Waals surface area contributed by atoms with Crippen LogP contribution in [0.5, 0.6) is 0 Å². The van der Waals surface area contributed by atoms with Gasteiger partial charge < -0.3 is 10.2 Å². The van der Waals surface area contributed by atoms with Crippen LogP contribution in [-0.2, 0) is 9.59 Å².